The Kier molecular flexibility index (Phi) is 28.6. The van der Waals surface area contributed by atoms with Crippen molar-refractivity contribution in [3.63, 3.8) is 0 Å². The molecule has 0 heterocycles. The molecule has 0 aromatic rings. The number of esters is 1. The van der Waals surface area contributed by atoms with Gasteiger partial charge in [0.25, 0.3) is 0 Å². The van der Waals surface area contributed by atoms with Gasteiger partial charge in [-0.2, -0.15) is 0 Å². The highest BCUT2D eigenvalue weighted by Gasteiger charge is 2.60. The number of hydrogen-bond acceptors (Lipinski definition) is 5. The molecule has 4 aliphatic rings. The first-order valence-corrected chi connectivity index (χ1v) is 29.5. The van der Waals surface area contributed by atoms with Crippen molar-refractivity contribution in [2.75, 3.05) is 19.7 Å². The smallest absolute Gasteiger partial charge is 0.306 e. The summed E-state index contributed by atoms with van der Waals surface area (Å²) in [5, 5.41) is 10.7. The number of Topliss-reactive ketones (excluding diaryl/α,β-unsaturated/α-hetero) is 1. The number of ether oxygens (including phenoxy) is 1. The van der Waals surface area contributed by atoms with E-state index in [9.17, 15) is 14.7 Å². The maximum absolute atomic E-state index is 13.3. The maximum atomic E-state index is 13.3. The third-order valence-electron chi connectivity index (χ3n) is 18.0. The summed E-state index contributed by atoms with van der Waals surface area (Å²) in [5.41, 5.74) is 1.37. The van der Waals surface area contributed by atoms with Crippen molar-refractivity contribution >= 4 is 23.4 Å². The Hall–Kier alpha value is -0.910. The van der Waals surface area contributed by atoms with E-state index in [1.165, 1.54) is 185 Å². The summed E-state index contributed by atoms with van der Waals surface area (Å²) in [6.45, 7) is 11.5. The molecule has 0 bridgehead atoms. The number of unbranched alkanes of at least 4 members (excludes halogenated alkanes) is 27. The Labute approximate surface area is 407 Å². The van der Waals surface area contributed by atoms with Gasteiger partial charge >= 0.3 is 5.97 Å². The van der Waals surface area contributed by atoms with Gasteiger partial charge in [0.05, 0.1) is 11.6 Å². The highest BCUT2D eigenvalue weighted by atomic mass is 35.5. The zero-order chi connectivity index (χ0) is 46.6. The number of aliphatic hydroxyl groups excluding tert-OH is 1. The Balaban J connectivity index is 1.13. The average molecular weight is 929 g/mol. The largest absolute Gasteiger partial charge is 0.462 e. The van der Waals surface area contributed by atoms with E-state index in [4.69, 9.17) is 16.3 Å². The zero-order valence-electron chi connectivity index (χ0n) is 43.5. The van der Waals surface area contributed by atoms with Crippen molar-refractivity contribution in [3.8, 4) is 0 Å². The second kappa shape index (κ2) is 32.8. The molecule has 6 atom stereocenters. The van der Waals surface area contributed by atoms with Gasteiger partial charge in [0.15, 0.2) is 5.78 Å². The van der Waals surface area contributed by atoms with E-state index in [1.807, 2.05) is 0 Å². The summed E-state index contributed by atoms with van der Waals surface area (Å²) in [7, 11) is 0. The van der Waals surface area contributed by atoms with Gasteiger partial charge in [-0.05, 0) is 106 Å². The molecular formula is C59H106ClNO4. The highest BCUT2D eigenvalue weighted by Crippen LogP contribution is 2.66. The molecule has 4 aliphatic carbocycles. The molecular weight excluding hydrogens is 822 g/mol. The fourth-order valence-corrected chi connectivity index (χ4v) is 14.3. The topological polar surface area (TPSA) is 66.8 Å². The standard InChI is InChI=1S/C59H106ClNO4/c1-5-7-9-11-13-15-17-19-21-23-25-27-31-35-49(36-32-28-26-24-22-20-18-16-14-12-10-8-6-2)61(47-48-62)46-34-30-29-33-37-56(64)65-55-41-40-51-50-38-39-53-57(60)54(63)43-45-58(53,3)52(50)42-44-59(51,55)4/h49-52,55,62H,5-48H2,1-4H3. The van der Waals surface area contributed by atoms with Crippen molar-refractivity contribution in [1.29, 1.82) is 0 Å². The highest BCUT2D eigenvalue weighted by molar-refractivity contribution is 6.43. The average Bonchev–Trinajstić information content (AvgIpc) is 3.63. The SMILES string of the molecule is CCCCCCCCCCCCCCCC(CCCCCCCCCCCCCCC)N(CCO)CCCCCCC(=O)OC1CCC2C3CCC4=C(Cl)C(=O)CCC4(C)C3CCC12C. The van der Waals surface area contributed by atoms with Gasteiger partial charge in [-0.3, -0.25) is 14.5 Å². The summed E-state index contributed by atoms with van der Waals surface area (Å²) in [6, 6.07) is 0.587. The fourth-order valence-electron chi connectivity index (χ4n) is 13.9. The lowest BCUT2D eigenvalue weighted by Gasteiger charge is -2.58. The Morgan fingerprint density at radius 3 is 1.63 bits per heavy atom. The molecule has 4 rings (SSSR count). The van der Waals surface area contributed by atoms with Crippen LogP contribution in [0.4, 0.5) is 0 Å². The third kappa shape index (κ3) is 19.1. The van der Waals surface area contributed by atoms with E-state index >= 15 is 0 Å². The minimum atomic E-state index is 0.00924. The van der Waals surface area contributed by atoms with Crippen LogP contribution in [0.15, 0.2) is 10.6 Å². The molecule has 378 valence electrons. The lowest BCUT2D eigenvalue weighted by atomic mass is 9.47. The number of fused-ring (bicyclic) bond motifs is 5. The van der Waals surface area contributed by atoms with Crippen LogP contribution in [0, 0.1) is 28.6 Å². The van der Waals surface area contributed by atoms with Gasteiger partial charge in [0.1, 0.15) is 6.10 Å². The first-order valence-electron chi connectivity index (χ1n) is 29.2. The van der Waals surface area contributed by atoms with Gasteiger partial charge < -0.3 is 9.84 Å². The molecule has 6 heteroatoms. The Morgan fingerprint density at radius 2 is 1.11 bits per heavy atom. The number of aliphatic hydroxyl groups is 1. The second-order valence-corrected chi connectivity index (χ2v) is 23.2. The van der Waals surface area contributed by atoms with Crippen LogP contribution < -0.4 is 0 Å². The number of allylic oxidation sites excluding steroid dienone is 1. The summed E-state index contributed by atoms with van der Waals surface area (Å²) < 4.78 is 6.38. The van der Waals surface area contributed by atoms with Crippen molar-refractivity contribution < 1.29 is 19.4 Å². The molecule has 0 amide bonds. The molecule has 0 saturated heterocycles. The minimum Gasteiger partial charge on any atom is -0.462 e. The normalized spacial score (nSPS) is 25.4. The molecule has 0 aromatic heterocycles. The molecule has 0 aromatic carbocycles. The Morgan fingerprint density at radius 1 is 0.615 bits per heavy atom. The van der Waals surface area contributed by atoms with Crippen LogP contribution in [0.5, 0.6) is 0 Å². The van der Waals surface area contributed by atoms with E-state index in [0.29, 0.717) is 41.7 Å². The monoisotopic (exact) mass is 928 g/mol. The third-order valence-corrected chi connectivity index (χ3v) is 18.4. The molecule has 0 aliphatic heterocycles. The maximum Gasteiger partial charge on any atom is 0.306 e. The van der Waals surface area contributed by atoms with Crippen LogP contribution in [0.2, 0.25) is 0 Å². The van der Waals surface area contributed by atoms with Crippen LogP contribution in [0.3, 0.4) is 0 Å². The van der Waals surface area contributed by atoms with Crippen LogP contribution in [-0.2, 0) is 14.3 Å². The van der Waals surface area contributed by atoms with Gasteiger partial charge in [-0.1, -0.05) is 219 Å². The molecule has 3 saturated carbocycles. The lowest BCUT2D eigenvalue weighted by molar-refractivity contribution is -0.160. The van der Waals surface area contributed by atoms with E-state index < -0.39 is 0 Å². The summed E-state index contributed by atoms with van der Waals surface area (Å²) in [6.07, 6.45) is 51.7. The van der Waals surface area contributed by atoms with Gasteiger partial charge in [-0.15, -0.1) is 0 Å². The number of carbonyl (C=O) groups is 2. The van der Waals surface area contributed by atoms with Gasteiger partial charge in [-0.25, -0.2) is 0 Å². The Bertz CT molecular complexity index is 1290. The van der Waals surface area contributed by atoms with Gasteiger partial charge in [0, 0.05) is 30.8 Å². The number of rotatable bonds is 39. The number of carbonyl (C=O) groups excluding carboxylic acids is 2. The molecule has 6 unspecified atom stereocenters. The van der Waals surface area contributed by atoms with Crippen LogP contribution in [0.25, 0.3) is 0 Å². The number of ketones is 1. The van der Waals surface area contributed by atoms with E-state index in [1.54, 1.807) is 0 Å². The zero-order valence-corrected chi connectivity index (χ0v) is 44.3. The second-order valence-electron chi connectivity index (χ2n) is 22.8. The van der Waals surface area contributed by atoms with Crippen LogP contribution >= 0.6 is 11.6 Å². The predicted molar refractivity (Wildman–Crippen MR) is 278 cm³/mol. The molecule has 5 nitrogen and oxygen atoms in total. The van der Waals surface area contributed by atoms with Crippen LogP contribution in [0.1, 0.15) is 291 Å². The van der Waals surface area contributed by atoms with Crippen molar-refractivity contribution in [2.24, 2.45) is 28.6 Å². The molecule has 0 spiro atoms. The van der Waals surface area contributed by atoms with E-state index in [-0.39, 0.29) is 35.3 Å². The summed E-state index contributed by atoms with van der Waals surface area (Å²) >= 11 is 6.66. The van der Waals surface area contributed by atoms with E-state index in [0.717, 1.165) is 83.7 Å². The van der Waals surface area contributed by atoms with Crippen molar-refractivity contribution in [3.05, 3.63) is 10.6 Å². The fraction of sp³-hybridized carbons (Fsp3) is 0.932. The summed E-state index contributed by atoms with van der Waals surface area (Å²) in [4.78, 5) is 28.5. The molecule has 1 N–H and O–H groups in total. The molecule has 3 fully saturated rings. The van der Waals surface area contributed by atoms with E-state index in [2.05, 4.69) is 32.6 Å². The van der Waals surface area contributed by atoms with Gasteiger partial charge in [0.2, 0.25) is 0 Å². The number of hydrogen-bond donors (Lipinski definition) is 1. The predicted octanol–water partition coefficient (Wildman–Crippen LogP) is 17.6. The van der Waals surface area contributed by atoms with Crippen LogP contribution in [-0.4, -0.2) is 53.6 Å². The molecule has 65 heavy (non-hydrogen) atoms. The first kappa shape index (κ1) is 56.7. The molecule has 0 radical (unpaired) electrons. The number of nitrogens with zero attached hydrogens (tertiary/aromatic N) is 1. The quantitative estimate of drug-likeness (QED) is 0.0491. The lowest BCUT2D eigenvalue weighted by Crippen LogP contribution is -2.52. The minimum absolute atomic E-state index is 0.00924. The van der Waals surface area contributed by atoms with Crippen molar-refractivity contribution in [2.45, 2.75) is 303 Å². The number of halogens is 1. The van der Waals surface area contributed by atoms with Crippen molar-refractivity contribution in [1.82, 2.24) is 4.90 Å². The first-order chi connectivity index (χ1) is 31.7. The summed E-state index contributed by atoms with van der Waals surface area (Å²) in [5.74, 6) is 1.97.